The van der Waals surface area contributed by atoms with Crippen LogP contribution in [0.2, 0.25) is 0 Å². The Morgan fingerprint density at radius 2 is 1.88 bits per heavy atom. The largest absolute Gasteiger partial charge is 0.355 e. The van der Waals surface area contributed by atoms with Crippen LogP contribution in [0.25, 0.3) is 11.3 Å². The first-order chi connectivity index (χ1) is 16.4. The quantitative estimate of drug-likeness (QED) is 0.596. The van der Waals surface area contributed by atoms with Crippen LogP contribution in [-0.2, 0) is 11.3 Å². The Morgan fingerprint density at radius 1 is 1.12 bits per heavy atom. The SMILES string of the molecule is CC(=O)Nc1ccc(-c2ccc(N(C)[C@@H]3CC34CCN(Cc3ncccc3C)CC4)nn2)cc1. The molecule has 5 rings (SSSR count). The predicted octanol–water partition coefficient (Wildman–Crippen LogP) is 4.30. The number of aromatic nitrogens is 3. The van der Waals surface area contributed by atoms with E-state index in [-0.39, 0.29) is 5.91 Å². The summed E-state index contributed by atoms with van der Waals surface area (Å²) in [6.45, 7) is 6.85. The van der Waals surface area contributed by atoms with Gasteiger partial charge in [0.15, 0.2) is 5.82 Å². The second kappa shape index (κ2) is 9.14. The smallest absolute Gasteiger partial charge is 0.221 e. The molecule has 34 heavy (non-hydrogen) atoms. The summed E-state index contributed by atoms with van der Waals surface area (Å²) >= 11 is 0. The van der Waals surface area contributed by atoms with E-state index < -0.39 is 0 Å². The van der Waals surface area contributed by atoms with Crippen molar-refractivity contribution >= 4 is 17.4 Å². The van der Waals surface area contributed by atoms with Gasteiger partial charge in [-0.25, -0.2) is 0 Å². The van der Waals surface area contributed by atoms with Gasteiger partial charge >= 0.3 is 0 Å². The summed E-state index contributed by atoms with van der Waals surface area (Å²) < 4.78 is 0. The van der Waals surface area contributed by atoms with E-state index in [0.29, 0.717) is 11.5 Å². The number of aryl methyl sites for hydroxylation is 1. The molecular weight excluding hydrogens is 424 g/mol. The zero-order valence-corrected chi connectivity index (χ0v) is 20.2. The molecule has 1 aromatic carbocycles. The molecule has 0 unspecified atom stereocenters. The molecule has 1 saturated carbocycles. The number of pyridine rings is 1. The Kier molecular flexibility index (Phi) is 6.04. The Morgan fingerprint density at radius 3 is 2.53 bits per heavy atom. The summed E-state index contributed by atoms with van der Waals surface area (Å²) in [4.78, 5) is 20.6. The van der Waals surface area contributed by atoms with Gasteiger partial charge in [-0.3, -0.25) is 14.7 Å². The van der Waals surface area contributed by atoms with Crippen LogP contribution < -0.4 is 10.2 Å². The number of carbonyl (C=O) groups excluding carboxylic acids is 1. The number of piperidine rings is 1. The first kappa shape index (κ1) is 22.5. The summed E-state index contributed by atoms with van der Waals surface area (Å²) in [6, 6.07) is 16.4. The van der Waals surface area contributed by atoms with Crippen molar-refractivity contribution in [2.24, 2.45) is 5.41 Å². The first-order valence-electron chi connectivity index (χ1n) is 12.0. The van der Waals surface area contributed by atoms with Gasteiger partial charge in [0.25, 0.3) is 0 Å². The highest BCUT2D eigenvalue weighted by atomic mass is 16.1. The standard InChI is InChI=1S/C27H32N6O/c1-19-5-4-14-28-24(19)18-33-15-12-27(13-16-33)17-25(27)32(3)26-11-10-23(30-31-26)21-6-8-22(9-7-21)29-20(2)34/h4-11,14,25H,12-13,15-18H2,1-3H3,(H,29,34)/t25-/m1/s1. The number of nitrogens with one attached hydrogen (secondary N) is 1. The lowest BCUT2D eigenvalue weighted by Crippen LogP contribution is -2.38. The van der Waals surface area contributed by atoms with Crippen molar-refractivity contribution in [1.82, 2.24) is 20.1 Å². The minimum atomic E-state index is -0.0771. The van der Waals surface area contributed by atoms with Gasteiger partial charge in [-0.05, 0) is 80.6 Å². The van der Waals surface area contributed by atoms with Crippen molar-refractivity contribution in [3.05, 3.63) is 66.0 Å². The highest BCUT2D eigenvalue weighted by Gasteiger charge is 2.57. The lowest BCUT2D eigenvalue weighted by atomic mass is 9.92. The number of benzene rings is 1. The highest BCUT2D eigenvalue weighted by Crippen LogP contribution is 2.56. The molecule has 2 fully saturated rings. The molecule has 2 aliphatic rings. The molecule has 1 spiro atoms. The molecule has 3 heterocycles. The van der Waals surface area contributed by atoms with Gasteiger partial charge in [-0.2, -0.15) is 0 Å². The third-order valence-electron chi connectivity index (χ3n) is 7.47. The third-order valence-corrected chi connectivity index (χ3v) is 7.47. The highest BCUT2D eigenvalue weighted by molar-refractivity contribution is 5.88. The third kappa shape index (κ3) is 4.66. The molecule has 7 heteroatoms. The normalized spacial score (nSPS) is 19.1. The van der Waals surface area contributed by atoms with Gasteiger partial charge < -0.3 is 10.2 Å². The first-order valence-corrected chi connectivity index (χ1v) is 12.0. The van der Waals surface area contributed by atoms with Crippen molar-refractivity contribution in [2.75, 3.05) is 30.4 Å². The topological polar surface area (TPSA) is 74.2 Å². The molecule has 0 radical (unpaired) electrons. The summed E-state index contributed by atoms with van der Waals surface area (Å²) in [7, 11) is 2.15. The maximum atomic E-state index is 11.2. The van der Waals surface area contributed by atoms with E-state index in [1.807, 2.05) is 42.6 Å². The van der Waals surface area contributed by atoms with Crippen LogP contribution in [-0.4, -0.2) is 52.2 Å². The van der Waals surface area contributed by atoms with Gasteiger partial charge in [0.1, 0.15) is 0 Å². The molecule has 1 amide bonds. The molecule has 2 aromatic heterocycles. The Balaban J connectivity index is 1.17. The summed E-state index contributed by atoms with van der Waals surface area (Å²) in [5.74, 6) is 0.846. The number of anilines is 2. The summed E-state index contributed by atoms with van der Waals surface area (Å²) in [6.07, 6.45) is 5.57. The van der Waals surface area contributed by atoms with Crippen molar-refractivity contribution in [3.63, 3.8) is 0 Å². The minimum absolute atomic E-state index is 0.0771. The number of likely N-dealkylation sites (tertiary alicyclic amines) is 1. The van der Waals surface area contributed by atoms with E-state index in [1.165, 1.54) is 37.4 Å². The Bertz CT molecular complexity index is 1150. The lowest BCUT2D eigenvalue weighted by molar-refractivity contribution is -0.114. The lowest BCUT2D eigenvalue weighted by Gasteiger charge is -2.34. The molecule has 1 saturated heterocycles. The minimum Gasteiger partial charge on any atom is -0.355 e. The maximum absolute atomic E-state index is 11.2. The fraction of sp³-hybridized carbons (Fsp3) is 0.407. The van der Waals surface area contributed by atoms with Crippen LogP contribution in [0.5, 0.6) is 0 Å². The Labute approximate surface area is 201 Å². The van der Waals surface area contributed by atoms with E-state index in [0.717, 1.165) is 42.4 Å². The summed E-state index contributed by atoms with van der Waals surface area (Å²) in [5, 5.41) is 11.8. The van der Waals surface area contributed by atoms with Crippen LogP contribution in [0.3, 0.4) is 0 Å². The van der Waals surface area contributed by atoms with Gasteiger partial charge in [0.05, 0.1) is 11.4 Å². The maximum Gasteiger partial charge on any atom is 0.221 e. The number of amides is 1. The monoisotopic (exact) mass is 456 g/mol. The zero-order chi connectivity index (χ0) is 23.7. The molecule has 1 atom stereocenters. The van der Waals surface area contributed by atoms with Gasteiger partial charge in [-0.15, -0.1) is 10.2 Å². The zero-order valence-electron chi connectivity index (χ0n) is 20.2. The van der Waals surface area contributed by atoms with Crippen molar-refractivity contribution in [1.29, 1.82) is 0 Å². The fourth-order valence-corrected chi connectivity index (χ4v) is 5.22. The van der Waals surface area contributed by atoms with Crippen molar-refractivity contribution in [3.8, 4) is 11.3 Å². The van der Waals surface area contributed by atoms with Gasteiger partial charge in [-0.1, -0.05) is 18.2 Å². The van der Waals surface area contributed by atoms with E-state index in [1.54, 1.807) is 0 Å². The molecule has 1 aliphatic heterocycles. The molecule has 3 aromatic rings. The average molecular weight is 457 g/mol. The molecule has 7 nitrogen and oxygen atoms in total. The van der Waals surface area contributed by atoms with Crippen molar-refractivity contribution in [2.45, 2.75) is 45.7 Å². The molecule has 176 valence electrons. The number of hydrogen-bond donors (Lipinski definition) is 1. The Hall–Kier alpha value is -3.32. The summed E-state index contributed by atoms with van der Waals surface area (Å²) in [5.41, 5.74) is 5.47. The fourth-order valence-electron chi connectivity index (χ4n) is 5.22. The van der Waals surface area contributed by atoms with Gasteiger partial charge in [0.2, 0.25) is 5.91 Å². The van der Waals surface area contributed by atoms with Crippen LogP contribution in [0.4, 0.5) is 11.5 Å². The second-order valence-electron chi connectivity index (χ2n) is 9.77. The number of nitrogens with zero attached hydrogens (tertiary/aromatic N) is 5. The number of hydrogen-bond acceptors (Lipinski definition) is 6. The van der Waals surface area contributed by atoms with E-state index in [9.17, 15) is 4.79 Å². The molecule has 1 N–H and O–H groups in total. The van der Waals surface area contributed by atoms with Gasteiger partial charge in [0, 0.05) is 44.0 Å². The van der Waals surface area contributed by atoms with E-state index in [4.69, 9.17) is 0 Å². The van der Waals surface area contributed by atoms with Crippen LogP contribution in [0.1, 0.15) is 37.4 Å². The number of carbonyl (C=O) groups is 1. The van der Waals surface area contributed by atoms with E-state index in [2.05, 4.69) is 56.4 Å². The second-order valence-corrected chi connectivity index (χ2v) is 9.77. The predicted molar refractivity (Wildman–Crippen MR) is 134 cm³/mol. The molecular formula is C27H32N6O. The van der Waals surface area contributed by atoms with Crippen LogP contribution >= 0.6 is 0 Å². The van der Waals surface area contributed by atoms with Crippen molar-refractivity contribution < 1.29 is 4.79 Å². The molecule has 1 aliphatic carbocycles. The molecule has 0 bridgehead atoms. The van der Waals surface area contributed by atoms with Crippen LogP contribution in [0.15, 0.2) is 54.7 Å². The van der Waals surface area contributed by atoms with E-state index >= 15 is 0 Å². The number of rotatable bonds is 6. The van der Waals surface area contributed by atoms with Crippen LogP contribution in [0, 0.1) is 12.3 Å². The average Bonchev–Trinajstić information content (AvgIpc) is 3.55.